The number of primary amides is 1. The Morgan fingerprint density at radius 2 is 1.54 bits per heavy atom. The van der Waals surface area contributed by atoms with Gasteiger partial charge in [0.25, 0.3) is 5.91 Å². The predicted octanol–water partition coefficient (Wildman–Crippen LogP) is 1.76. The van der Waals surface area contributed by atoms with Crippen LogP contribution in [0.2, 0.25) is 0 Å². The summed E-state index contributed by atoms with van der Waals surface area (Å²) in [5.74, 6) is -1.23. The summed E-state index contributed by atoms with van der Waals surface area (Å²) in [5, 5.41) is 8.79. The van der Waals surface area contributed by atoms with Crippen molar-refractivity contribution in [3.63, 3.8) is 0 Å². The van der Waals surface area contributed by atoms with Crippen molar-refractivity contribution in [3.05, 3.63) is 48.5 Å². The van der Waals surface area contributed by atoms with Crippen LogP contribution in [0.1, 0.15) is 6.92 Å². The molecule has 2 aromatic rings. The quantitative estimate of drug-likeness (QED) is 0.232. The molecule has 0 spiro atoms. The van der Waals surface area contributed by atoms with E-state index in [1.54, 1.807) is 42.5 Å². The maximum atomic E-state index is 12.3. The lowest BCUT2D eigenvalue weighted by atomic mass is 10.2. The van der Waals surface area contributed by atoms with Crippen molar-refractivity contribution in [2.75, 3.05) is 21.8 Å². The Balaban J connectivity index is 2.14. The van der Waals surface area contributed by atoms with Crippen LogP contribution in [-0.4, -0.2) is 23.4 Å². The zero-order valence-corrected chi connectivity index (χ0v) is 13.9. The molecule has 0 heterocycles. The van der Waals surface area contributed by atoms with E-state index in [2.05, 4.69) is 21.2 Å². The Morgan fingerprint density at radius 1 is 0.923 bits per heavy atom. The maximum Gasteiger partial charge on any atom is 0.316 e. The number of ketones is 1. The highest BCUT2D eigenvalue weighted by molar-refractivity contribution is 6.67. The minimum atomic E-state index is -0.731. The third-order valence-corrected chi connectivity index (χ3v) is 3.12. The smallest absolute Gasteiger partial charge is 0.316 e. The van der Waals surface area contributed by atoms with Crippen molar-refractivity contribution < 1.29 is 14.4 Å². The lowest BCUT2D eigenvalue weighted by molar-refractivity contribution is -0.114. The molecule has 0 aliphatic heterocycles. The maximum absolute atomic E-state index is 12.3. The highest BCUT2D eigenvalue weighted by Gasteiger charge is 2.17. The van der Waals surface area contributed by atoms with Crippen LogP contribution in [0.3, 0.4) is 0 Å². The number of carbonyl (C=O) groups is 3. The van der Waals surface area contributed by atoms with Gasteiger partial charge in [-0.3, -0.25) is 15.0 Å². The van der Waals surface area contributed by atoms with Gasteiger partial charge in [-0.05, 0) is 36.4 Å². The molecule has 134 valence electrons. The van der Waals surface area contributed by atoms with Crippen LogP contribution in [0.5, 0.6) is 0 Å². The van der Waals surface area contributed by atoms with E-state index in [4.69, 9.17) is 11.5 Å². The first-order chi connectivity index (χ1) is 12.3. The molecule has 9 heteroatoms. The Labute approximate surface area is 149 Å². The van der Waals surface area contributed by atoms with Crippen LogP contribution in [0.4, 0.5) is 27.5 Å². The summed E-state index contributed by atoms with van der Waals surface area (Å²) in [6.45, 7) is 1.23. The molecule has 26 heavy (non-hydrogen) atoms. The zero-order valence-electron chi connectivity index (χ0n) is 13.9. The van der Waals surface area contributed by atoms with Crippen molar-refractivity contribution in [1.29, 1.82) is 0 Å². The van der Waals surface area contributed by atoms with Crippen LogP contribution in [-0.2, 0) is 9.59 Å². The van der Waals surface area contributed by atoms with Gasteiger partial charge in [0, 0.05) is 24.0 Å². The summed E-state index contributed by atoms with van der Waals surface area (Å²) in [6.07, 6.45) is 0. The molecule has 0 aromatic heterocycles. The fourth-order valence-electron chi connectivity index (χ4n) is 2.03. The molecule has 3 amide bonds. The van der Waals surface area contributed by atoms with Gasteiger partial charge in [-0.1, -0.05) is 12.1 Å². The molecule has 2 rings (SSSR count). The first-order valence-electron chi connectivity index (χ1n) is 7.53. The van der Waals surface area contributed by atoms with Gasteiger partial charge in [0.2, 0.25) is 0 Å². The average molecular weight is 354 g/mol. The minimum Gasteiger partial charge on any atom is -0.399 e. The van der Waals surface area contributed by atoms with Gasteiger partial charge in [0.05, 0.1) is 5.69 Å². The van der Waals surface area contributed by atoms with E-state index in [0.29, 0.717) is 22.7 Å². The normalized spacial score (nSPS) is 10.7. The lowest BCUT2D eigenvalue weighted by Gasteiger charge is -2.09. The number of benzene rings is 2. The number of hydrazone groups is 1. The molecule has 0 bridgehead atoms. The molecule has 0 fully saturated rings. The summed E-state index contributed by atoms with van der Waals surface area (Å²) in [7, 11) is 0. The van der Waals surface area contributed by atoms with Crippen LogP contribution in [0.25, 0.3) is 0 Å². The molecule has 7 N–H and O–H groups in total. The molecule has 0 radical (unpaired) electrons. The molecule has 9 nitrogen and oxygen atoms in total. The highest BCUT2D eigenvalue weighted by atomic mass is 16.2. The standard InChI is InChI=1S/C17H18N6O3/c1-10(24)15(23-22-14-7-2-4-11(18)8-14)16(25)20-12-5-3-6-13(9-12)21-17(19)26/h2-9,22H,18H2,1H3,(H,20,25)(H3,19,21,26)/b23-15-. The van der Waals surface area contributed by atoms with E-state index in [1.165, 1.54) is 13.0 Å². The van der Waals surface area contributed by atoms with Crippen LogP contribution in [0, 0.1) is 0 Å². The number of Topliss-reactive ketones (excluding diaryl/α,β-unsaturated/α-hetero) is 1. The number of hydrogen-bond acceptors (Lipinski definition) is 6. The number of rotatable bonds is 6. The van der Waals surface area contributed by atoms with Crippen LogP contribution < -0.4 is 27.5 Å². The average Bonchev–Trinajstić information content (AvgIpc) is 2.54. The number of nitrogens with one attached hydrogen (secondary N) is 3. The molecule has 0 aliphatic rings. The monoisotopic (exact) mass is 354 g/mol. The number of urea groups is 1. The van der Waals surface area contributed by atoms with Crippen molar-refractivity contribution in [1.82, 2.24) is 0 Å². The highest BCUT2D eigenvalue weighted by Crippen LogP contribution is 2.15. The molecular weight excluding hydrogens is 336 g/mol. The Morgan fingerprint density at radius 3 is 2.15 bits per heavy atom. The number of nitrogens with two attached hydrogens (primary N) is 2. The van der Waals surface area contributed by atoms with E-state index in [-0.39, 0.29) is 5.71 Å². The number of anilines is 4. The molecule has 0 atom stereocenters. The number of nitrogens with zero attached hydrogens (tertiary/aromatic N) is 1. The molecule has 0 unspecified atom stereocenters. The van der Waals surface area contributed by atoms with E-state index >= 15 is 0 Å². The summed E-state index contributed by atoms with van der Waals surface area (Å²) >= 11 is 0. The summed E-state index contributed by atoms with van der Waals surface area (Å²) < 4.78 is 0. The number of amides is 3. The Bertz CT molecular complexity index is 878. The van der Waals surface area contributed by atoms with Gasteiger partial charge in [0.1, 0.15) is 0 Å². The number of hydrogen-bond donors (Lipinski definition) is 5. The molecule has 2 aromatic carbocycles. The van der Waals surface area contributed by atoms with Crippen molar-refractivity contribution in [2.45, 2.75) is 6.92 Å². The van der Waals surface area contributed by atoms with Gasteiger partial charge >= 0.3 is 6.03 Å². The van der Waals surface area contributed by atoms with Gasteiger partial charge < -0.3 is 22.1 Å². The zero-order chi connectivity index (χ0) is 19.1. The summed E-state index contributed by atoms with van der Waals surface area (Å²) in [6, 6.07) is 12.3. The number of carbonyl (C=O) groups excluding carboxylic acids is 3. The second-order valence-corrected chi connectivity index (χ2v) is 5.28. The Kier molecular flexibility index (Phi) is 5.88. The fraction of sp³-hybridized carbons (Fsp3) is 0.0588. The van der Waals surface area contributed by atoms with Gasteiger partial charge in [-0.25, -0.2) is 4.79 Å². The van der Waals surface area contributed by atoms with E-state index in [9.17, 15) is 14.4 Å². The SMILES string of the molecule is CC(=O)/C(=N/Nc1cccc(N)c1)C(=O)Nc1cccc(NC(N)=O)c1. The van der Waals surface area contributed by atoms with Crippen LogP contribution >= 0.6 is 0 Å². The van der Waals surface area contributed by atoms with Crippen molar-refractivity contribution in [3.8, 4) is 0 Å². The van der Waals surface area contributed by atoms with Gasteiger partial charge in [0.15, 0.2) is 11.5 Å². The third kappa shape index (κ3) is 5.34. The molecule has 0 saturated carbocycles. The van der Waals surface area contributed by atoms with Crippen molar-refractivity contribution >= 4 is 46.2 Å². The Hall–Kier alpha value is -3.88. The van der Waals surface area contributed by atoms with E-state index < -0.39 is 17.7 Å². The second kappa shape index (κ2) is 8.29. The third-order valence-electron chi connectivity index (χ3n) is 3.12. The van der Waals surface area contributed by atoms with E-state index in [1.807, 2.05) is 0 Å². The first kappa shape index (κ1) is 18.5. The van der Waals surface area contributed by atoms with E-state index in [0.717, 1.165) is 0 Å². The summed E-state index contributed by atoms with van der Waals surface area (Å²) in [5.41, 5.74) is 14.8. The second-order valence-electron chi connectivity index (χ2n) is 5.28. The largest absolute Gasteiger partial charge is 0.399 e. The molecular formula is C17H18N6O3. The van der Waals surface area contributed by atoms with Crippen molar-refractivity contribution in [2.24, 2.45) is 10.8 Å². The predicted molar refractivity (Wildman–Crippen MR) is 101 cm³/mol. The lowest BCUT2D eigenvalue weighted by Crippen LogP contribution is -2.29. The van der Waals surface area contributed by atoms with Gasteiger partial charge in [-0.15, -0.1) is 0 Å². The molecule has 0 aliphatic carbocycles. The molecule has 0 saturated heterocycles. The first-order valence-corrected chi connectivity index (χ1v) is 7.53. The fourth-order valence-corrected chi connectivity index (χ4v) is 2.03. The van der Waals surface area contributed by atoms with Gasteiger partial charge in [-0.2, -0.15) is 5.10 Å². The number of nitrogen functional groups attached to an aromatic ring is 1. The minimum absolute atomic E-state index is 0.319. The summed E-state index contributed by atoms with van der Waals surface area (Å²) in [4.78, 5) is 35.0. The topological polar surface area (TPSA) is 152 Å². The van der Waals surface area contributed by atoms with Crippen LogP contribution in [0.15, 0.2) is 53.6 Å².